The van der Waals surface area contributed by atoms with E-state index in [1.807, 2.05) is 30.3 Å². The van der Waals surface area contributed by atoms with E-state index in [9.17, 15) is 9.50 Å². The van der Waals surface area contributed by atoms with E-state index in [0.717, 1.165) is 16.8 Å². The van der Waals surface area contributed by atoms with Crippen LogP contribution in [0.15, 0.2) is 48.5 Å². The standard InChI is InChI=1S/C15H16FNO/c1-11(18)14-7-2-3-8-15(14)17-10-12-5-4-6-13(16)9-12/h2-9,11,17-18H,10H2,1H3. The van der Waals surface area contributed by atoms with E-state index in [1.165, 1.54) is 12.1 Å². The zero-order valence-electron chi connectivity index (χ0n) is 10.2. The summed E-state index contributed by atoms with van der Waals surface area (Å²) in [6.07, 6.45) is -0.527. The summed E-state index contributed by atoms with van der Waals surface area (Å²) >= 11 is 0. The first-order chi connectivity index (χ1) is 8.66. The second kappa shape index (κ2) is 5.65. The maximum atomic E-state index is 13.0. The summed E-state index contributed by atoms with van der Waals surface area (Å²) in [5.41, 5.74) is 2.58. The number of nitrogens with one attached hydrogen (secondary N) is 1. The molecule has 2 nitrogen and oxygen atoms in total. The average Bonchev–Trinajstić information content (AvgIpc) is 2.37. The molecule has 0 fully saturated rings. The van der Waals surface area contributed by atoms with E-state index in [4.69, 9.17) is 0 Å². The quantitative estimate of drug-likeness (QED) is 0.864. The number of hydrogen-bond donors (Lipinski definition) is 2. The third kappa shape index (κ3) is 3.08. The molecule has 0 radical (unpaired) electrons. The van der Waals surface area contributed by atoms with E-state index in [2.05, 4.69) is 5.32 Å². The van der Waals surface area contributed by atoms with Crippen molar-refractivity contribution >= 4 is 5.69 Å². The molecule has 0 heterocycles. The van der Waals surface area contributed by atoms with Crippen LogP contribution in [0.1, 0.15) is 24.2 Å². The summed E-state index contributed by atoms with van der Waals surface area (Å²) in [5.74, 6) is -0.238. The van der Waals surface area contributed by atoms with Crippen molar-refractivity contribution in [1.82, 2.24) is 0 Å². The number of hydrogen-bond acceptors (Lipinski definition) is 2. The number of aliphatic hydroxyl groups excluding tert-OH is 1. The molecule has 0 aliphatic carbocycles. The van der Waals surface area contributed by atoms with Crippen LogP contribution in [-0.4, -0.2) is 5.11 Å². The molecular formula is C15H16FNO. The minimum atomic E-state index is -0.527. The first-order valence-electron chi connectivity index (χ1n) is 5.92. The van der Waals surface area contributed by atoms with Gasteiger partial charge in [-0.15, -0.1) is 0 Å². The Labute approximate surface area is 106 Å². The first kappa shape index (κ1) is 12.6. The molecule has 18 heavy (non-hydrogen) atoms. The molecule has 2 rings (SSSR count). The van der Waals surface area contributed by atoms with Crippen molar-refractivity contribution in [1.29, 1.82) is 0 Å². The van der Waals surface area contributed by atoms with Gasteiger partial charge in [0.1, 0.15) is 5.82 Å². The Morgan fingerprint density at radius 1 is 1.17 bits per heavy atom. The van der Waals surface area contributed by atoms with Gasteiger partial charge in [0.2, 0.25) is 0 Å². The lowest BCUT2D eigenvalue weighted by molar-refractivity contribution is 0.200. The summed E-state index contributed by atoms with van der Waals surface area (Å²) < 4.78 is 13.0. The second-order valence-electron chi connectivity index (χ2n) is 4.25. The Kier molecular flexibility index (Phi) is 3.95. The van der Waals surface area contributed by atoms with E-state index >= 15 is 0 Å². The molecule has 0 bridgehead atoms. The fraction of sp³-hybridized carbons (Fsp3) is 0.200. The van der Waals surface area contributed by atoms with E-state index in [0.29, 0.717) is 6.54 Å². The Morgan fingerprint density at radius 2 is 1.94 bits per heavy atom. The molecular weight excluding hydrogens is 229 g/mol. The highest BCUT2D eigenvalue weighted by atomic mass is 19.1. The Bertz CT molecular complexity index is 525. The topological polar surface area (TPSA) is 32.3 Å². The lowest BCUT2D eigenvalue weighted by Gasteiger charge is -2.13. The van der Waals surface area contributed by atoms with Gasteiger partial charge in [0, 0.05) is 17.8 Å². The fourth-order valence-electron chi connectivity index (χ4n) is 1.87. The van der Waals surface area contributed by atoms with Crippen molar-refractivity contribution in [2.24, 2.45) is 0 Å². The molecule has 0 saturated heterocycles. The fourth-order valence-corrected chi connectivity index (χ4v) is 1.87. The predicted molar refractivity (Wildman–Crippen MR) is 70.8 cm³/mol. The van der Waals surface area contributed by atoms with Crippen LogP contribution in [0.4, 0.5) is 10.1 Å². The molecule has 2 N–H and O–H groups in total. The zero-order valence-corrected chi connectivity index (χ0v) is 10.2. The highest BCUT2D eigenvalue weighted by molar-refractivity contribution is 5.52. The van der Waals surface area contributed by atoms with Crippen molar-refractivity contribution in [3.05, 3.63) is 65.5 Å². The molecule has 0 saturated carbocycles. The lowest BCUT2D eigenvalue weighted by Crippen LogP contribution is -2.04. The Morgan fingerprint density at radius 3 is 2.67 bits per heavy atom. The van der Waals surface area contributed by atoms with Crippen molar-refractivity contribution in [2.45, 2.75) is 19.6 Å². The van der Waals surface area contributed by atoms with Gasteiger partial charge in [-0.2, -0.15) is 0 Å². The second-order valence-corrected chi connectivity index (χ2v) is 4.25. The zero-order chi connectivity index (χ0) is 13.0. The molecule has 3 heteroatoms. The van der Waals surface area contributed by atoms with E-state index < -0.39 is 6.10 Å². The number of aliphatic hydroxyl groups is 1. The number of halogens is 1. The maximum absolute atomic E-state index is 13.0. The maximum Gasteiger partial charge on any atom is 0.123 e. The predicted octanol–water partition coefficient (Wildman–Crippen LogP) is 3.49. The molecule has 0 amide bonds. The third-order valence-electron chi connectivity index (χ3n) is 2.78. The Balaban J connectivity index is 2.11. The van der Waals surface area contributed by atoms with Crippen molar-refractivity contribution in [3.8, 4) is 0 Å². The SMILES string of the molecule is CC(O)c1ccccc1NCc1cccc(F)c1. The molecule has 2 aromatic carbocycles. The summed E-state index contributed by atoms with van der Waals surface area (Å²) in [6, 6.07) is 14.0. The molecule has 2 aromatic rings. The Hall–Kier alpha value is -1.87. The van der Waals surface area contributed by atoms with Gasteiger partial charge >= 0.3 is 0 Å². The van der Waals surface area contributed by atoms with Crippen molar-refractivity contribution in [2.75, 3.05) is 5.32 Å². The van der Waals surface area contributed by atoms with Crippen LogP contribution < -0.4 is 5.32 Å². The smallest absolute Gasteiger partial charge is 0.123 e. The highest BCUT2D eigenvalue weighted by Crippen LogP contribution is 2.22. The van der Waals surface area contributed by atoms with Crippen LogP contribution >= 0.6 is 0 Å². The third-order valence-corrected chi connectivity index (χ3v) is 2.78. The van der Waals surface area contributed by atoms with Gasteiger partial charge in [-0.05, 0) is 30.7 Å². The molecule has 0 spiro atoms. The molecule has 0 aliphatic heterocycles. The average molecular weight is 245 g/mol. The molecule has 0 aliphatic rings. The molecule has 94 valence electrons. The van der Waals surface area contributed by atoms with Crippen LogP contribution in [0.2, 0.25) is 0 Å². The van der Waals surface area contributed by atoms with Crippen molar-refractivity contribution in [3.63, 3.8) is 0 Å². The van der Waals surface area contributed by atoms with E-state index in [-0.39, 0.29) is 5.82 Å². The van der Waals surface area contributed by atoms with Crippen LogP contribution in [0, 0.1) is 5.82 Å². The van der Waals surface area contributed by atoms with Crippen molar-refractivity contribution < 1.29 is 9.50 Å². The summed E-state index contributed by atoms with van der Waals surface area (Å²) in [5, 5.41) is 12.9. The number of rotatable bonds is 4. The normalized spacial score (nSPS) is 12.2. The van der Waals surface area contributed by atoms with Gasteiger partial charge in [-0.3, -0.25) is 0 Å². The molecule has 1 unspecified atom stereocenters. The van der Waals surface area contributed by atoms with Gasteiger partial charge in [0.15, 0.2) is 0 Å². The van der Waals surface area contributed by atoms with Crippen LogP contribution in [0.5, 0.6) is 0 Å². The van der Waals surface area contributed by atoms with Gasteiger partial charge in [0.25, 0.3) is 0 Å². The number of para-hydroxylation sites is 1. The van der Waals surface area contributed by atoms with Gasteiger partial charge in [0.05, 0.1) is 6.10 Å². The summed E-state index contributed by atoms with van der Waals surface area (Å²) in [7, 11) is 0. The molecule has 1 atom stereocenters. The minimum absolute atomic E-state index is 0.238. The van der Waals surface area contributed by atoms with E-state index in [1.54, 1.807) is 13.0 Å². The summed E-state index contributed by atoms with van der Waals surface area (Å²) in [4.78, 5) is 0. The van der Waals surface area contributed by atoms with Gasteiger partial charge in [-0.25, -0.2) is 4.39 Å². The van der Waals surface area contributed by atoms with Gasteiger partial charge in [-0.1, -0.05) is 30.3 Å². The van der Waals surface area contributed by atoms with Gasteiger partial charge < -0.3 is 10.4 Å². The van der Waals surface area contributed by atoms with Crippen LogP contribution in [0.25, 0.3) is 0 Å². The lowest BCUT2D eigenvalue weighted by atomic mass is 10.1. The first-order valence-corrected chi connectivity index (χ1v) is 5.92. The number of benzene rings is 2. The van der Waals surface area contributed by atoms with Crippen LogP contribution in [0.3, 0.4) is 0 Å². The van der Waals surface area contributed by atoms with Crippen LogP contribution in [-0.2, 0) is 6.54 Å². The largest absolute Gasteiger partial charge is 0.389 e. The number of anilines is 1. The highest BCUT2D eigenvalue weighted by Gasteiger charge is 2.06. The summed E-state index contributed by atoms with van der Waals surface area (Å²) in [6.45, 7) is 2.25. The minimum Gasteiger partial charge on any atom is -0.389 e. The monoisotopic (exact) mass is 245 g/mol. The molecule has 0 aromatic heterocycles.